The summed E-state index contributed by atoms with van der Waals surface area (Å²) in [5, 5.41) is 20.6. The number of nitrogens with zero attached hydrogens (tertiary/aromatic N) is 1. The number of sulfone groups is 1. The van der Waals surface area contributed by atoms with Gasteiger partial charge >= 0.3 is 0 Å². The number of likely N-dealkylation sites (tertiary alicyclic amines) is 1. The number of hydrogen-bond acceptors (Lipinski definition) is 8. The number of fused-ring (bicyclic) bond motifs is 1. The molecule has 0 bridgehead atoms. The maximum Gasteiger partial charge on any atom is 0.258 e. The number of rotatable bonds is 14. The molecule has 0 radical (unpaired) electrons. The van der Waals surface area contributed by atoms with Gasteiger partial charge in [0.1, 0.15) is 11.8 Å². The van der Waals surface area contributed by atoms with Crippen molar-refractivity contribution in [3.63, 3.8) is 0 Å². The molecule has 4 N–H and O–H groups in total. The molecule has 12 heteroatoms. The minimum absolute atomic E-state index is 0.0761. The molecule has 0 aromatic heterocycles. The molecule has 6 atom stereocenters. The Bertz CT molecular complexity index is 1550. The minimum Gasteiger partial charge on any atom is -0.484 e. The maximum atomic E-state index is 14.1. The summed E-state index contributed by atoms with van der Waals surface area (Å²) in [5.74, 6) is -0.182. The van der Waals surface area contributed by atoms with E-state index in [-0.39, 0.29) is 18.9 Å². The fourth-order valence-corrected chi connectivity index (χ4v) is 7.64. The highest BCUT2D eigenvalue weighted by atomic mass is 32.2. The number of β-amino-alcohol motifs (C(OH)–C–C–N with tert-alkyl or cyclic N) is 1. The smallest absolute Gasteiger partial charge is 0.258 e. The molecule has 1 aliphatic carbocycles. The Balaban J connectivity index is 1.58. The van der Waals surface area contributed by atoms with Crippen LogP contribution >= 0.6 is 0 Å². The van der Waals surface area contributed by atoms with Gasteiger partial charge in [-0.3, -0.25) is 19.3 Å². The number of aliphatic hydroxyl groups excluding tert-OH is 1. The number of nitrogens with one attached hydrogen (secondary N) is 3. The lowest BCUT2D eigenvalue weighted by Crippen LogP contribution is -2.64. The van der Waals surface area contributed by atoms with Crippen molar-refractivity contribution >= 4 is 27.6 Å². The zero-order valence-corrected chi connectivity index (χ0v) is 31.2. The van der Waals surface area contributed by atoms with Crippen molar-refractivity contribution in [3.05, 3.63) is 66.2 Å². The van der Waals surface area contributed by atoms with Gasteiger partial charge in [-0.2, -0.15) is 0 Å². The Morgan fingerprint density at radius 2 is 1.52 bits per heavy atom. The third-order valence-electron chi connectivity index (χ3n) is 10.1. The monoisotopic (exact) mass is 712 g/mol. The molecule has 1 heterocycles. The van der Waals surface area contributed by atoms with Gasteiger partial charge in [0.05, 0.1) is 22.9 Å². The van der Waals surface area contributed by atoms with Crippen LogP contribution in [0.3, 0.4) is 0 Å². The van der Waals surface area contributed by atoms with E-state index in [4.69, 9.17) is 4.74 Å². The zero-order valence-electron chi connectivity index (χ0n) is 30.4. The van der Waals surface area contributed by atoms with E-state index in [9.17, 15) is 27.9 Å². The first-order chi connectivity index (χ1) is 23.4. The quantitative estimate of drug-likeness (QED) is 0.233. The Kier molecular flexibility index (Phi) is 13.1. The third-order valence-corrected chi connectivity index (χ3v) is 12.3. The number of carbonyl (C=O) groups excluding carboxylic acids is 3. The number of aliphatic hydroxyl groups is 1. The molecule has 2 aromatic rings. The number of para-hydroxylation sites is 1. The summed E-state index contributed by atoms with van der Waals surface area (Å²) in [6, 6.07) is 15.3. The van der Waals surface area contributed by atoms with E-state index in [0.29, 0.717) is 30.6 Å². The molecule has 11 nitrogen and oxygen atoms in total. The third kappa shape index (κ3) is 10.8. The highest BCUT2D eigenvalue weighted by Gasteiger charge is 2.46. The van der Waals surface area contributed by atoms with Crippen molar-refractivity contribution in [2.24, 2.45) is 11.8 Å². The van der Waals surface area contributed by atoms with E-state index >= 15 is 0 Å². The van der Waals surface area contributed by atoms with Crippen LogP contribution in [0.15, 0.2) is 60.7 Å². The molecule has 50 heavy (non-hydrogen) atoms. The average Bonchev–Trinajstić information content (AvgIpc) is 3.05. The molecule has 1 aliphatic heterocycles. The first-order valence-corrected chi connectivity index (χ1v) is 19.6. The topological polar surface area (TPSA) is 154 Å². The fraction of sp³-hybridized carbons (Fsp3) is 0.605. The van der Waals surface area contributed by atoms with Gasteiger partial charge in [0.2, 0.25) is 11.8 Å². The molecule has 2 aliphatic rings. The van der Waals surface area contributed by atoms with E-state index in [1.807, 2.05) is 51.1 Å². The molecule has 0 spiro atoms. The minimum atomic E-state index is -3.87. The van der Waals surface area contributed by atoms with Crippen LogP contribution in [0.1, 0.15) is 72.3 Å². The summed E-state index contributed by atoms with van der Waals surface area (Å²) in [6.07, 6.45) is 5.31. The molecular formula is C38H56N4O7S. The molecule has 1 saturated heterocycles. The van der Waals surface area contributed by atoms with Crippen LogP contribution < -0.4 is 20.7 Å². The molecule has 276 valence electrons. The molecule has 3 amide bonds. The predicted molar refractivity (Wildman–Crippen MR) is 194 cm³/mol. The predicted octanol–water partition coefficient (Wildman–Crippen LogP) is 3.26. The summed E-state index contributed by atoms with van der Waals surface area (Å²) in [6.45, 7) is 8.98. The lowest BCUT2D eigenvalue weighted by atomic mass is 9.72. The molecule has 4 rings (SSSR count). The van der Waals surface area contributed by atoms with Crippen molar-refractivity contribution in [2.45, 2.75) is 108 Å². The molecule has 2 unspecified atom stereocenters. The van der Waals surface area contributed by atoms with Crippen molar-refractivity contribution in [3.8, 4) is 5.75 Å². The number of carbonyl (C=O) groups is 3. The van der Waals surface area contributed by atoms with Crippen molar-refractivity contribution in [1.29, 1.82) is 0 Å². The van der Waals surface area contributed by atoms with Crippen LogP contribution in [0.4, 0.5) is 0 Å². The van der Waals surface area contributed by atoms with Crippen LogP contribution in [-0.4, -0.2) is 96.6 Å². The molecular weight excluding hydrogens is 657 g/mol. The molecule has 2 fully saturated rings. The summed E-state index contributed by atoms with van der Waals surface area (Å²) in [4.78, 5) is 42.9. The highest BCUT2D eigenvalue weighted by molar-refractivity contribution is 7.92. The summed E-state index contributed by atoms with van der Waals surface area (Å²) in [5.41, 5.74) is 0.427. The number of ether oxygens (including phenoxy) is 1. The van der Waals surface area contributed by atoms with Crippen LogP contribution in [-0.2, 0) is 30.6 Å². The number of amides is 3. The van der Waals surface area contributed by atoms with Crippen molar-refractivity contribution < 1.29 is 32.6 Å². The van der Waals surface area contributed by atoms with E-state index in [2.05, 4.69) is 20.9 Å². The molecule has 2 aromatic carbocycles. The van der Waals surface area contributed by atoms with Gasteiger partial charge < -0.3 is 25.8 Å². The number of piperidine rings is 1. The van der Waals surface area contributed by atoms with Crippen molar-refractivity contribution in [1.82, 2.24) is 20.9 Å². The van der Waals surface area contributed by atoms with Gasteiger partial charge in [-0.15, -0.1) is 0 Å². The summed E-state index contributed by atoms with van der Waals surface area (Å²) < 4.78 is 29.8. The lowest BCUT2D eigenvalue weighted by molar-refractivity contribution is -0.133. The average molecular weight is 713 g/mol. The summed E-state index contributed by atoms with van der Waals surface area (Å²) >= 11 is 0. The molecule has 1 saturated carbocycles. The second-order valence-corrected chi connectivity index (χ2v) is 18.2. The van der Waals surface area contributed by atoms with Crippen molar-refractivity contribution in [2.75, 3.05) is 26.0 Å². The van der Waals surface area contributed by atoms with Gasteiger partial charge in [0.25, 0.3) is 5.91 Å². The van der Waals surface area contributed by atoms with Gasteiger partial charge in [0, 0.05) is 24.9 Å². The van der Waals surface area contributed by atoms with Gasteiger partial charge in [-0.1, -0.05) is 67.8 Å². The maximum absolute atomic E-state index is 14.1. The van der Waals surface area contributed by atoms with Crippen LogP contribution in [0.5, 0.6) is 5.75 Å². The second-order valence-electron chi connectivity index (χ2n) is 15.6. The van der Waals surface area contributed by atoms with Gasteiger partial charge in [-0.25, -0.2) is 8.42 Å². The Hall–Kier alpha value is -3.48. The Labute approximate surface area is 297 Å². The van der Waals surface area contributed by atoms with E-state index in [1.54, 1.807) is 30.3 Å². The zero-order chi connectivity index (χ0) is 36.7. The van der Waals surface area contributed by atoms with Gasteiger partial charge in [0.15, 0.2) is 16.4 Å². The summed E-state index contributed by atoms with van der Waals surface area (Å²) in [7, 11) is -3.87. The normalized spacial score (nSPS) is 21.9. The number of hydrogen-bond donors (Lipinski definition) is 4. The first kappa shape index (κ1) is 39.3. The Morgan fingerprint density at radius 1 is 0.920 bits per heavy atom. The van der Waals surface area contributed by atoms with E-state index in [1.165, 1.54) is 13.8 Å². The number of benzene rings is 2. The standard InChI is InChI=1S/C38H56N4O7S/c1-37(2,3)41-35(45)31-22-27-17-13-14-18-28(27)23-42(31)24-32(43)30(21-26-15-9-7-10-16-26)39-36(46)34(38(4,5)50(6,47)48)40-33(44)25-49-29-19-11-8-12-20-29/h7-12,15-16,19-20,27-28,30-32,34,43H,13-14,17-18,21-25H2,1-6H3,(H,39,46)(H,40,44)(H,41,45)/t27?,28?,30-,31-,32+,34+/m0/s1. The fourth-order valence-electron chi connectivity index (χ4n) is 7.05. The lowest BCUT2D eigenvalue weighted by Gasteiger charge is -2.47. The largest absolute Gasteiger partial charge is 0.484 e. The van der Waals surface area contributed by atoms with E-state index in [0.717, 1.165) is 37.5 Å². The van der Waals surface area contributed by atoms with Gasteiger partial charge in [-0.05, 0) is 83.4 Å². The van der Waals surface area contributed by atoms with Crippen LogP contribution in [0.25, 0.3) is 0 Å². The second kappa shape index (κ2) is 16.7. The first-order valence-electron chi connectivity index (χ1n) is 17.7. The van der Waals surface area contributed by atoms with Crippen LogP contribution in [0.2, 0.25) is 0 Å². The highest BCUT2D eigenvalue weighted by Crippen LogP contribution is 2.39. The van der Waals surface area contributed by atoms with E-state index < -0.39 is 62.8 Å². The Morgan fingerprint density at radius 3 is 2.12 bits per heavy atom. The SMILES string of the molecule is CC(C)(C)NC(=O)[C@@H]1CC2CCCCC2CN1C[C@@H](O)[C@H](Cc1ccccc1)NC(=O)[C@@H](NC(=O)COc1ccccc1)C(C)(C)S(C)(=O)=O. The van der Waals surface area contributed by atoms with Crippen LogP contribution in [0, 0.1) is 11.8 Å².